The van der Waals surface area contributed by atoms with Crippen LogP contribution in [0.25, 0.3) is 0 Å². The third kappa shape index (κ3) is 4.03. The summed E-state index contributed by atoms with van der Waals surface area (Å²) in [4.78, 5) is 10.5. The van der Waals surface area contributed by atoms with Crippen molar-refractivity contribution in [2.45, 2.75) is 25.8 Å². The van der Waals surface area contributed by atoms with Crippen molar-refractivity contribution < 1.29 is 19.0 Å². The number of hydrogen-bond acceptors (Lipinski definition) is 3. The van der Waals surface area contributed by atoms with Crippen LogP contribution in [0.3, 0.4) is 0 Å². The second-order valence-corrected chi connectivity index (χ2v) is 3.68. The molecular weight excluding hydrogens is 225 g/mol. The van der Waals surface area contributed by atoms with Crippen LogP contribution in [0.4, 0.5) is 4.39 Å². The summed E-state index contributed by atoms with van der Waals surface area (Å²) in [5, 5.41) is 8.61. The fourth-order valence-corrected chi connectivity index (χ4v) is 1.42. The van der Waals surface area contributed by atoms with Gasteiger partial charge in [0.15, 0.2) is 11.6 Å². The number of ether oxygens (including phenoxy) is 1. The Balaban J connectivity index is 2.61. The molecule has 0 aliphatic heterocycles. The maximum atomic E-state index is 13.4. The number of hydrogen-bond donors (Lipinski definition) is 2. The lowest BCUT2D eigenvalue weighted by atomic mass is 10.1. The molecule has 0 aliphatic carbocycles. The van der Waals surface area contributed by atoms with Crippen LogP contribution in [-0.2, 0) is 11.2 Å². The molecule has 0 saturated heterocycles. The van der Waals surface area contributed by atoms with Gasteiger partial charge in [-0.2, -0.15) is 0 Å². The molecule has 0 aliphatic rings. The second-order valence-electron chi connectivity index (χ2n) is 3.68. The van der Waals surface area contributed by atoms with Crippen LogP contribution in [-0.4, -0.2) is 23.7 Å². The molecule has 17 heavy (non-hydrogen) atoms. The van der Waals surface area contributed by atoms with Crippen molar-refractivity contribution in [2.24, 2.45) is 5.73 Å². The van der Waals surface area contributed by atoms with E-state index < -0.39 is 17.8 Å². The average Bonchev–Trinajstić information content (AvgIpc) is 2.29. The fraction of sp³-hybridized carbons (Fsp3) is 0.417. The van der Waals surface area contributed by atoms with E-state index in [2.05, 4.69) is 0 Å². The number of carboxylic acid groups (broad SMARTS) is 1. The quantitative estimate of drug-likeness (QED) is 0.793. The minimum Gasteiger partial charge on any atom is -0.491 e. The molecule has 1 aromatic rings. The van der Waals surface area contributed by atoms with Crippen molar-refractivity contribution >= 4 is 5.97 Å². The fourth-order valence-electron chi connectivity index (χ4n) is 1.42. The Bertz CT molecular complexity index is 395. The third-order valence-electron chi connectivity index (χ3n) is 2.36. The van der Waals surface area contributed by atoms with Gasteiger partial charge in [-0.15, -0.1) is 0 Å². The van der Waals surface area contributed by atoms with Crippen molar-refractivity contribution in [3.05, 3.63) is 29.6 Å². The Morgan fingerprint density at radius 1 is 1.59 bits per heavy atom. The molecule has 5 heteroatoms. The van der Waals surface area contributed by atoms with Gasteiger partial charge in [0.2, 0.25) is 0 Å². The van der Waals surface area contributed by atoms with Gasteiger partial charge in [0, 0.05) is 0 Å². The Labute approximate surface area is 99.2 Å². The Morgan fingerprint density at radius 3 is 2.82 bits per heavy atom. The first-order chi connectivity index (χ1) is 8.04. The zero-order valence-electron chi connectivity index (χ0n) is 9.65. The van der Waals surface area contributed by atoms with Crippen molar-refractivity contribution in [2.75, 3.05) is 6.61 Å². The van der Waals surface area contributed by atoms with Gasteiger partial charge in [0.1, 0.15) is 6.04 Å². The molecule has 3 N–H and O–H groups in total. The SMILES string of the molecule is CCOc1ccc(CCC(N)C(=O)O)cc1F. The van der Waals surface area contributed by atoms with Gasteiger partial charge >= 0.3 is 5.97 Å². The van der Waals surface area contributed by atoms with Gasteiger partial charge in [0.05, 0.1) is 6.61 Å². The molecule has 0 bridgehead atoms. The van der Waals surface area contributed by atoms with Gasteiger partial charge in [-0.3, -0.25) is 4.79 Å². The molecule has 0 fully saturated rings. The van der Waals surface area contributed by atoms with Crippen LogP contribution in [0.5, 0.6) is 5.75 Å². The minimum atomic E-state index is -1.04. The maximum absolute atomic E-state index is 13.4. The van der Waals surface area contributed by atoms with E-state index in [0.29, 0.717) is 18.6 Å². The number of rotatable bonds is 6. The van der Waals surface area contributed by atoms with Gasteiger partial charge in [-0.05, 0) is 37.5 Å². The highest BCUT2D eigenvalue weighted by molar-refractivity contribution is 5.73. The lowest BCUT2D eigenvalue weighted by Crippen LogP contribution is -2.30. The summed E-state index contributed by atoms with van der Waals surface area (Å²) in [5.74, 6) is -1.27. The molecule has 94 valence electrons. The summed E-state index contributed by atoms with van der Waals surface area (Å²) >= 11 is 0. The van der Waals surface area contributed by atoms with E-state index in [1.54, 1.807) is 19.1 Å². The molecule has 1 unspecified atom stereocenters. The Hall–Kier alpha value is -1.62. The van der Waals surface area contributed by atoms with E-state index in [1.165, 1.54) is 6.07 Å². The second kappa shape index (κ2) is 6.20. The van der Waals surface area contributed by atoms with E-state index in [1.807, 2.05) is 0 Å². The van der Waals surface area contributed by atoms with E-state index in [-0.39, 0.29) is 12.2 Å². The van der Waals surface area contributed by atoms with Crippen molar-refractivity contribution in [3.63, 3.8) is 0 Å². The monoisotopic (exact) mass is 241 g/mol. The molecule has 1 atom stereocenters. The zero-order valence-corrected chi connectivity index (χ0v) is 9.65. The number of benzene rings is 1. The molecule has 0 radical (unpaired) electrons. The summed E-state index contributed by atoms with van der Waals surface area (Å²) in [7, 11) is 0. The number of aliphatic carboxylic acids is 1. The van der Waals surface area contributed by atoms with E-state index in [4.69, 9.17) is 15.6 Å². The van der Waals surface area contributed by atoms with Crippen molar-refractivity contribution in [3.8, 4) is 5.75 Å². The first-order valence-corrected chi connectivity index (χ1v) is 5.44. The molecule has 0 amide bonds. The summed E-state index contributed by atoms with van der Waals surface area (Å²) in [6.07, 6.45) is 0.708. The third-order valence-corrected chi connectivity index (χ3v) is 2.36. The van der Waals surface area contributed by atoms with Crippen LogP contribution < -0.4 is 10.5 Å². The van der Waals surface area contributed by atoms with E-state index in [9.17, 15) is 9.18 Å². The van der Waals surface area contributed by atoms with E-state index in [0.717, 1.165) is 0 Å². The molecule has 0 aromatic heterocycles. The first-order valence-electron chi connectivity index (χ1n) is 5.44. The molecule has 0 heterocycles. The van der Waals surface area contributed by atoms with Gasteiger partial charge < -0.3 is 15.6 Å². The summed E-state index contributed by atoms with van der Waals surface area (Å²) in [5.41, 5.74) is 6.07. The van der Waals surface area contributed by atoms with Crippen molar-refractivity contribution in [1.82, 2.24) is 0 Å². The molecule has 0 saturated carbocycles. The van der Waals surface area contributed by atoms with Crippen LogP contribution in [0.15, 0.2) is 18.2 Å². The molecule has 0 spiro atoms. The van der Waals surface area contributed by atoms with Crippen LogP contribution in [0.1, 0.15) is 18.9 Å². The zero-order chi connectivity index (χ0) is 12.8. The lowest BCUT2D eigenvalue weighted by Gasteiger charge is -2.08. The highest BCUT2D eigenvalue weighted by Gasteiger charge is 2.12. The van der Waals surface area contributed by atoms with Gasteiger partial charge in [-0.1, -0.05) is 6.07 Å². The summed E-state index contributed by atoms with van der Waals surface area (Å²) in [6, 6.07) is 3.69. The number of aryl methyl sites for hydroxylation is 1. The van der Waals surface area contributed by atoms with Gasteiger partial charge in [-0.25, -0.2) is 4.39 Å². The largest absolute Gasteiger partial charge is 0.491 e. The molecular formula is C12H16FNO3. The predicted molar refractivity (Wildman–Crippen MR) is 61.5 cm³/mol. The topological polar surface area (TPSA) is 72.5 Å². The number of carboxylic acids is 1. The first kappa shape index (κ1) is 13.4. The average molecular weight is 241 g/mol. The maximum Gasteiger partial charge on any atom is 0.320 e. The number of carbonyl (C=O) groups is 1. The van der Waals surface area contributed by atoms with Crippen LogP contribution in [0.2, 0.25) is 0 Å². The normalized spacial score (nSPS) is 12.2. The standard InChI is InChI=1S/C12H16FNO3/c1-2-17-11-6-4-8(7-9(11)13)3-5-10(14)12(15)16/h4,6-7,10H,2-3,5,14H2,1H3,(H,15,16). The number of halogens is 1. The van der Waals surface area contributed by atoms with E-state index >= 15 is 0 Å². The van der Waals surface area contributed by atoms with Crippen LogP contribution >= 0.6 is 0 Å². The molecule has 4 nitrogen and oxygen atoms in total. The minimum absolute atomic E-state index is 0.207. The van der Waals surface area contributed by atoms with Crippen LogP contribution in [0, 0.1) is 5.82 Å². The highest BCUT2D eigenvalue weighted by atomic mass is 19.1. The molecule has 1 rings (SSSR count). The highest BCUT2D eigenvalue weighted by Crippen LogP contribution is 2.19. The number of nitrogens with two attached hydrogens (primary N) is 1. The predicted octanol–water partition coefficient (Wildman–Crippen LogP) is 1.57. The Kier molecular flexibility index (Phi) is 4.90. The van der Waals surface area contributed by atoms with Crippen molar-refractivity contribution in [1.29, 1.82) is 0 Å². The summed E-state index contributed by atoms with van der Waals surface area (Å²) < 4.78 is 18.5. The van der Waals surface area contributed by atoms with Gasteiger partial charge in [0.25, 0.3) is 0 Å². The smallest absolute Gasteiger partial charge is 0.320 e. The summed E-state index contributed by atoms with van der Waals surface area (Å²) in [6.45, 7) is 2.18. The lowest BCUT2D eigenvalue weighted by molar-refractivity contribution is -0.138. The molecule has 1 aromatic carbocycles. The Morgan fingerprint density at radius 2 is 2.29 bits per heavy atom.